The Morgan fingerprint density at radius 1 is 1.17 bits per heavy atom. The van der Waals surface area contributed by atoms with Gasteiger partial charge in [-0.15, -0.1) is 0 Å². The van der Waals surface area contributed by atoms with Crippen LogP contribution in [0.2, 0.25) is 0 Å². The first-order valence-corrected chi connectivity index (χ1v) is 7.08. The molecule has 0 aliphatic heterocycles. The van der Waals surface area contributed by atoms with E-state index in [0.29, 0.717) is 12.1 Å². The lowest BCUT2D eigenvalue weighted by atomic mass is 10.0. The van der Waals surface area contributed by atoms with Gasteiger partial charge in [-0.2, -0.15) is 0 Å². The SMILES string of the molecule is CCCC(CC)NC(C)Cc1ccc(OC)cc1. The van der Waals surface area contributed by atoms with Gasteiger partial charge < -0.3 is 10.1 Å². The number of hydrogen-bond donors (Lipinski definition) is 1. The van der Waals surface area contributed by atoms with Crippen molar-refractivity contribution in [2.75, 3.05) is 7.11 Å². The second-order valence-electron chi connectivity index (χ2n) is 5.01. The first-order valence-electron chi connectivity index (χ1n) is 7.08. The molecule has 0 aromatic heterocycles. The molecule has 2 heteroatoms. The maximum absolute atomic E-state index is 5.17. The molecule has 0 saturated carbocycles. The lowest BCUT2D eigenvalue weighted by Crippen LogP contribution is -2.37. The fourth-order valence-corrected chi connectivity index (χ4v) is 2.33. The van der Waals surface area contributed by atoms with Crippen LogP contribution < -0.4 is 10.1 Å². The van der Waals surface area contributed by atoms with Crippen molar-refractivity contribution in [1.82, 2.24) is 5.32 Å². The minimum atomic E-state index is 0.523. The van der Waals surface area contributed by atoms with Gasteiger partial charge in [0.25, 0.3) is 0 Å². The second-order valence-corrected chi connectivity index (χ2v) is 5.01. The van der Waals surface area contributed by atoms with Crippen LogP contribution in [0.5, 0.6) is 5.75 Å². The molecule has 0 aliphatic carbocycles. The Kier molecular flexibility index (Phi) is 6.81. The molecule has 0 bridgehead atoms. The van der Waals surface area contributed by atoms with Gasteiger partial charge in [-0.1, -0.05) is 32.4 Å². The van der Waals surface area contributed by atoms with E-state index in [9.17, 15) is 0 Å². The molecule has 0 amide bonds. The molecule has 1 aromatic carbocycles. The average Bonchev–Trinajstić information content (AvgIpc) is 2.39. The van der Waals surface area contributed by atoms with E-state index in [2.05, 4.69) is 38.2 Å². The molecule has 0 heterocycles. The maximum atomic E-state index is 5.17. The Labute approximate surface area is 112 Å². The second kappa shape index (κ2) is 8.15. The Bertz CT molecular complexity index is 320. The van der Waals surface area contributed by atoms with Crippen molar-refractivity contribution in [3.63, 3.8) is 0 Å². The molecule has 2 atom stereocenters. The summed E-state index contributed by atoms with van der Waals surface area (Å²) >= 11 is 0. The number of methoxy groups -OCH3 is 1. The van der Waals surface area contributed by atoms with E-state index in [1.807, 2.05) is 12.1 Å². The summed E-state index contributed by atoms with van der Waals surface area (Å²) in [5.41, 5.74) is 1.36. The van der Waals surface area contributed by atoms with Gasteiger partial charge in [0.2, 0.25) is 0 Å². The Morgan fingerprint density at radius 3 is 2.33 bits per heavy atom. The van der Waals surface area contributed by atoms with Crippen molar-refractivity contribution < 1.29 is 4.74 Å². The van der Waals surface area contributed by atoms with Crippen LogP contribution in [0.4, 0.5) is 0 Å². The van der Waals surface area contributed by atoms with Crippen LogP contribution in [-0.2, 0) is 6.42 Å². The number of nitrogens with one attached hydrogen (secondary N) is 1. The monoisotopic (exact) mass is 249 g/mol. The quantitative estimate of drug-likeness (QED) is 0.756. The fraction of sp³-hybridized carbons (Fsp3) is 0.625. The summed E-state index contributed by atoms with van der Waals surface area (Å²) in [6, 6.07) is 9.55. The van der Waals surface area contributed by atoms with Crippen LogP contribution in [0, 0.1) is 0 Å². The highest BCUT2D eigenvalue weighted by Gasteiger charge is 2.09. The molecule has 1 aromatic rings. The molecule has 0 spiro atoms. The minimum Gasteiger partial charge on any atom is -0.497 e. The summed E-state index contributed by atoms with van der Waals surface area (Å²) in [6.07, 6.45) is 4.80. The standard InChI is InChI=1S/C16H27NO/c1-5-7-15(6-2)17-13(3)12-14-8-10-16(18-4)11-9-14/h8-11,13,15,17H,5-7,12H2,1-4H3. The van der Waals surface area contributed by atoms with E-state index in [1.165, 1.54) is 24.8 Å². The van der Waals surface area contributed by atoms with Crippen molar-refractivity contribution in [3.8, 4) is 5.75 Å². The van der Waals surface area contributed by atoms with E-state index in [0.717, 1.165) is 12.2 Å². The molecule has 0 aliphatic rings. The van der Waals surface area contributed by atoms with Crippen molar-refractivity contribution >= 4 is 0 Å². The van der Waals surface area contributed by atoms with E-state index in [-0.39, 0.29) is 0 Å². The molecule has 0 fully saturated rings. The zero-order valence-corrected chi connectivity index (χ0v) is 12.2. The summed E-state index contributed by atoms with van der Waals surface area (Å²) in [5.74, 6) is 0.928. The molecular formula is C16H27NO. The summed E-state index contributed by atoms with van der Waals surface area (Å²) in [5, 5.41) is 3.71. The van der Waals surface area contributed by atoms with Crippen LogP contribution in [0.3, 0.4) is 0 Å². The number of hydrogen-bond acceptors (Lipinski definition) is 2. The van der Waals surface area contributed by atoms with Gasteiger partial charge in [0, 0.05) is 12.1 Å². The molecule has 18 heavy (non-hydrogen) atoms. The van der Waals surface area contributed by atoms with Gasteiger partial charge in [0.05, 0.1) is 7.11 Å². The van der Waals surface area contributed by atoms with Crippen LogP contribution in [0.15, 0.2) is 24.3 Å². The van der Waals surface area contributed by atoms with Crippen LogP contribution in [0.25, 0.3) is 0 Å². The zero-order chi connectivity index (χ0) is 13.4. The third kappa shape index (κ3) is 5.09. The normalized spacial score (nSPS) is 14.2. The molecule has 0 radical (unpaired) electrons. The Hall–Kier alpha value is -1.02. The van der Waals surface area contributed by atoms with Crippen molar-refractivity contribution in [2.24, 2.45) is 0 Å². The Balaban J connectivity index is 2.44. The van der Waals surface area contributed by atoms with Gasteiger partial charge in [-0.05, 0) is 43.9 Å². The summed E-state index contributed by atoms with van der Waals surface area (Å²) in [4.78, 5) is 0. The summed E-state index contributed by atoms with van der Waals surface area (Å²) < 4.78 is 5.17. The molecule has 2 unspecified atom stereocenters. The summed E-state index contributed by atoms with van der Waals surface area (Å²) in [6.45, 7) is 6.77. The smallest absolute Gasteiger partial charge is 0.118 e. The predicted octanol–water partition coefficient (Wildman–Crippen LogP) is 3.79. The highest BCUT2D eigenvalue weighted by Crippen LogP contribution is 2.13. The van der Waals surface area contributed by atoms with E-state index >= 15 is 0 Å². The Morgan fingerprint density at radius 2 is 1.83 bits per heavy atom. The van der Waals surface area contributed by atoms with Gasteiger partial charge in [-0.25, -0.2) is 0 Å². The molecule has 0 saturated heterocycles. The lowest BCUT2D eigenvalue weighted by molar-refractivity contribution is 0.407. The van der Waals surface area contributed by atoms with E-state index < -0.39 is 0 Å². The third-order valence-corrected chi connectivity index (χ3v) is 3.35. The molecule has 2 nitrogen and oxygen atoms in total. The van der Waals surface area contributed by atoms with Gasteiger partial charge in [-0.3, -0.25) is 0 Å². The summed E-state index contributed by atoms with van der Waals surface area (Å²) in [7, 11) is 1.70. The van der Waals surface area contributed by atoms with Gasteiger partial charge in [0.15, 0.2) is 0 Å². The van der Waals surface area contributed by atoms with Crippen molar-refractivity contribution in [2.45, 2.75) is 58.5 Å². The molecule has 1 rings (SSSR count). The third-order valence-electron chi connectivity index (χ3n) is 3.35. The lowest BCUT2D eigenvalue weighted by Gasteiger charge is -2.22. The first-order chi connectivity index (χ1) is 8.69. The zero-order valence-electron chi connectivity index (χ0n) is 12.2. The van der Waals surface area contributed by atoms with E-state index in [4.69, 9.17) is 4.74 Å². The largest absolute Gasteiger partial charge is 0.497 e. The van der Waals surface area contributed by atoms with Crippen LogP contribution in [-0.4, -0.2) is 19.2 Å². The van der Waals surface area contributed by atoms with Crippen molar-refractivity contribution in [1.29, 1.82) is 0 Å². The number of benzene rings is 1. The topological polar surface area (TPSA) is 21.3 Å². The maximum Gasteiger partial charge on any atom is 0.118 e. The minimum absolute atomic E-state index is 0.523. The number of ether oxygens (including phenoxy) is 1. The predicted molar refractivity (Wildman–Crippen MR) is 78.3 cm³/mol. The molecule has 1 N–H and O–H groups in total. The first kappa shape index (κ1) is 15.0. The number of rotatable bonds is 8. The molecule has 102 valence electrons. The van der Waals surface area contributed by atoms with Crippen molar-refractivity contribution in [3.05, 3.63) is 29.8 Å². The fourth-order valence-electron chi connectivity index (χ4n) is 2.33. The van der Waals surface area contributed by atoms with E-state index in [1.54, 1.807) is 7.11 Å². The highest BCUT2D eigenvalue weighted by atomic mass is 16.5. The van der Waals surface area contributed by atoms with Crippen LogP contribution in [0.1, 0.15) is 45.6 Å². The van der Waals surface area contributed by atoms with Gasteiger partial charge in [0.1, 0.15) is 5.75 Å². The molecular weight excluding hydrogens is 222 g/mol. The highest BCUT2D eigenvalue weighted by molar-refractivity contribution is 5.27. The average molecular weight is 249 g/mol. The van der Waals surface area contributed by atoms with Gasteiger partial charge >= 0.3 is 0 Å². The van der Waals surface area contributed by atoms with Crippen LogP contribution >= 0.6 is 0 Å².